The lowest BCUT2D eigenvalue weighted by Gasteiger charge is -2.15. The number of carbonyl (C=O) groups is 1. The Morgan fingerprint density at radius 3 is 2.67 bits per heavy atom. The van der Waals surface area contributed by atoms with Crippen molar-refractivity contribution in [3.8, 4) is 28.7 Å². The van der Waals surface area contributed by atoms with Crippen LogP contribution in [0, 0.1) is 23.2 Å². The molecule has 2 aromatic heterocycles. The number of hydrogen-bond donors (Lipinski definition) is 1. The molecule has 6 nitrogen and oxygen atoms in total. The first-order valence-electron chi connectivity index (χ1n) is 9.94. The second-order valence-electron chi connectivity index (χ2n) is 8.22. The van der Waals surface area contributed by atoms with Crippen LogP contribution in [0.4, 0.5) is 18.3 Å². The zero-order valence-electron chi connectivity index (χ0n) is 17.9. The van der Waals surface area contributed by atoms with Gasteiger partial charge in [0.2, 0.25) is 5.13 Å². The highest BCUT2D eigenvalue weighted by Crippen LogP contribution is 2.51. The number of methoxy groups -OCH3 is 1. The summed E-state index contributed by atoms with van der Waals surface area (Å²) in [6.45, 7) is 4.29. The number of alkyl halides is 3. The molecular weight excluding hydrogens is 453 g/mol. The quantitative estimate of drug-likeness (QED) is 0.523. The molecule has 1 unspecified atom stereocenters. The maximum Gasteiger partial charge on any atom is 0.416 e. The van der Waals surface area contributed by atoms with E-state index in [1.807, 2.05) is 0 Å². The van der Waals surface area contributed by atoms with Crippen LogP contribution in [0.2, 0.25) is 0 Å². The highest BCUT2D eigenvalue weighted by Gasteiger charge is 2.44. The molecule has 1 N–H and O–H groups in total. The van der Waals surface area contributed by atoms with Crippen molar-refractivity contribution in [3.05, 3.63) is 52.8 Å². The third-order valence-corrected chi connectivity index (χ3v) is 6.15. The number of carbonyl (C=O) groups excluding carboxylic acids is 1. The first kappa shape index (κ1) is 22.7. The zero-order valence-corrected chi connectivity index (χ0v) is 18.8. The Labute approximate surface area is 192 Å². The summed E-state index contributed by atoms with van der Waals surface area (Å²) in [5.41, 5.74) is -0.235. The number of halogens is 3. The van der Waals surface area contributed by atoms with Crippen molar-refractivity contribution in [1.29, 1.82) is 0 Å². The molecule has 1 amide bonds. The number of rotatable bonds is 4. The lowest BCUT2D eigenvalue weighted by atomic mass is 9.98. The normalized spacial score (nSPS) is 16.5. The van der Waals surface area contributed by atoms with E-state index in [9.17, 15) is 18.0 Å². The molecule has 10 heteroatoms. The molecule has 1 atom stereocenters. The number of anilines is 1. The first-order chi connectivity index (χ1) is 15.6. The lowest BCUT2D eigenvalue weighted by Crippen LogP contribution is -2.13. The molecule has 0 aliphatic heterocycles. The molecule has 1 aliphatic rings. The van der Waals surface area contributed by atoms with Gasteiger partial charge in [-0.2, -0.15) is 13.2 Å². The summed E-state index contributed by atoms with van der Waals surface area (Å²) in [5.74, 6) is 6.07. The van der Waals surface area contributed by atoms with Gasteiger partial charge in [0.25, 0.3) is 5.91 Å². The summed E-state index contributed by atoms with van der Waals surface area (Å²) >= 11 is 1.12. The van der Waals surface area contributed by atoms with Crippen molar-refractivity contribution in [2.24, 2.45) is 11.3 Å². The van der Waals surface area contributed by atoms with Crippen LogP contribution >= 0.6 is 11.3 Å². The van der Waals surface area contributed by atoms with Crippen molar-refractivity contribution >= 4 is 22.4 Å². The van der Waals surface area contributed by atoms with Crippen molar-refractivity contribution in [1.82, 2.24) is 15.2 Å². The van der Waals surface area contributed by atoms with Crippen LogP contribution in [-0.4, -0.2) is 28.2 Å². The molecule has 1 aliphatic carbocycles. The highest BCUT2D eigenvalue weighted by atomic mass is 32.1. The van der Waals surface area contributed by atoms with E-state index in [4.69, 9.17) is 4.74 Å². The molecule has 0 radical (unpaired) electrons. The predicted molar refractivity (Wildman–Crippen MR) is 118 cm³/mol. The second kappa shape index (κ2) is 8.48. The summed E-state index contributed by atoms with van der Waals surface area (Å²) in [7, 11) is 1.34. The Morgan fingerprint density at radius 1 is 1.24 bits per heavy atom. The topological polar surface area (TPSA) is 77.0 Å². The largest absolute Gasteiger partial charge is 0.496 e. The minimum Gasteiger partial charge on any atom is -0.496 e. The van der Waals surface area contributed by atoms with Crippen molar-refractivity contribution < 1.29 is 22.7 Å². The van der Waals surface area contributed by atoms with E-state index in [-0.39, 0.29) is 33.0 Å². The van der Waals surface area contributed by atoms with Gasteiger partial charge in [-0.1, -0.05) is 31.1 Å². The molecule has 3 aromatic rings. The number of benzene rings is 1. The van der Waals surface area contributed by atoms with Gasteiger partial charge in [-0.3, -0.25) is 15.1 Å². The van der Waals surface area contributed by atoms with Crippen molar-refractivity contribution in [2.75, 3.05) is 12.4 Å². The fourth-order valence-electron chi connectivity index (χ4n) is 3.25. The number of nitrogens with zero attached hydrogens (tertiary/aromatic N) is 3. The molecular formula is C23H19F3N4O2S. The van der Waals surface area contributed by atoms with Gasteiger partial charge in [0.15, 0.2) is 5.01 Å². The lowest BCUT2D eigenvalue weighted by molar-refractivity contribution is -0.137. The Hall–Kier alpha value is -3.45. The fraction of sp³-hybridized carbons (Fsp3) is 0.304. The molecule has 170 valence electrons. The molecule has 1 saturated carbocycles. The number of aromatic nitrogens is 3. The van der Waals surface area contributed by atoms with E-state index in [0.29, 0.717) is 10.9 Å². The molecule has 1 fully saturated rings. The molecule has 1 aromatic carbocycles. The average Bonchev–Trinajstić information content (AvgIpc) is 3.15. The summed E-state index contributed by atoms with van der Waals surface area (Å²) in [6.07, 6.45) is -0.814. The van der Waals surface area contributed by atoms with Crippen LogP contribution in [-0.2, 0) is 6.18 Å². The molecule has 2 heterocycles. The van der Waals surface area contributed by atoms with Gasteiger partial charge < -0.3 is 4.74 Å². The van der Waals surface area contributed by atoms with Gasteiger partial charge in [-0.05, 0) is 42.0 Å². The van der Waals surface area contributed by atoms with Crippen molar-refractivity contribution in [3.63, 3.8) is 0 Å². The van der Waals surface area contributed by atoms with Crippen LogP contribution in [0.1, 0.15) is 41.2 Å². The van der Waals surface area contributed by atoms with E-state index in [0.717, 1.165) is 29.9 Å². The van der Waals surface area contributed by atoms with Gasteiger partial charge in [-0.15, -0.1) is 10.2 Å². The van der Waals surface area contributed by atoms with E-state index >= 15 is 0 Å². The maximum atomic E-state index is 13.3. The minimum atomic E-state index is -4.55. The third kappa shape index (κ3) is 4.98. The number of hydrogen-bond acceptors (Lipinski definition) is 6. The van der Waals surface area contributed by atoms with E-state index < -0.39 is 17.6 Å². The first-order valence-corrected chi connectivity index (χ1v) is 10.8. The molecule has 33 heavy (non-hydrogen) atoms. The average molecular weight is 472 g/mol. The molecule has 0 bridgehead atoms. The highest BCUT2D eigenvalue weighted by molar-refractivity contribution is 7.15. The van der Waals surface area contributed by atoms with Gasteiger partial charge in [0.1, 0.15) is 5.75 Å². The SMILES string of the molecule is COc1ccc(C(F)(F)F)cc1-c1cnccc1C(=O)Nc1nnc(C#CC2CC2(C)C)s1. The molecule has 0 saturated heterocycles. The van der Waals surface area contributed by atoms with E-state index in [1.165, 1.54) is 31.6 Å². The van der Waals surface area contributed by atoms with Gasteiger partial charge in [0, 0.05) is 29.4 Å². The van der Waals surface area contributed by atoms with Crippen LogP contribution in [0.3, 0.4) is 0 Å². The standard InChI is InChI=1S/C23H19F3N4O2S/c1-22(2)11-14(22)5-7-19-29-30-21(33-19)28-20(31)15-8-9-27-12-17(15)16-10-13(23(24,25)26)4-6-18(16)32-3/h4,6,8-10,12,14H,11H2,1-3H3,(H,28,30,31). The molecule has 0 spiro atoms. The number of ether oxygens (including phenoxy) is 1. The number of nitrogens with one attached hydrogen (secondary N) is 1. The van der Waals surface area contributed by atoms with Gasteiger partial charge in [-0.25, -0.2) is 0 Å². The minimum absolute atomic E-state index is 0.0986. The summed E-state index contributed by atoms with van der Waals surface area (Å²) in [5, 5.41) is 11.3. The Bertz CT molecular complexity index is 1270. The van der Waals surface area contributed by atoms with Gasteiger partial charge >= 0.3 is 6.18 Å². The monoisotopic (exact) mass is 472 g/mol. The van der Waals surface area contributed by atoms with E-state index in [2.05, 4.69) is 46.2 Å². The summed E-state index contributed by atoms with van der Waals surface area (Å²) in [6, 6.07) is 4.49. The Kier molecular flexibility index (Phi) is 5.84. The number of amides is 1. The zero-order chi connectivity index (χ0) is 23.8. The second-order valence-corrected chi connectivity index (χ2v) is 9.19. The summed E-state index contributed by atoms with van der Waals surface area (Å²) < 4.78 is 45.0. The van der Waals surface area contributed by atoms with Gasteiger partial charge in [0.05, 0.1) is 18.2 Å². The smallest absolute Gasteiger partial charge is 0.416 e. The maximum absolute atomic E-state index is 13.3. The fourth-order valence-corrected chi connectivity index (χ4v) is 3.85. The number of pyridine rings is 1. The van der Waals surface area contributed by atoms with E-state index in [1.54, 1.807) is 0 Å². The molecule has 4 rings (SSSR count). The van der Waals surface area contributed by atoms with Crippen molar-refractivity contribution in [2.45, 2.75) is 26.4 Å². The van der Waals surface area contributed by atoms with Crippen LogP contribution in [0.25, 0.3) is 11.1 Å². The van der Waals surface area contributed by atoms with Crippen LogP contribution in [0.5, 0.6) is 5.75 Å². The third-order valence-electron chi connectivity index (χ3n) is 5.39. The predicted octanol–water partition coefficient (Wildman–Crippen LogP) is 5.28. The summed E-state index contributed by atoms with van der Waals surface area (Å²) in [4.78, 5) is 16.9. The Balaban J connectivity index is 1.60. The Morgan fingerprint density at radius 2 is 2.00 bits per heavy atom. The van der Waals surface area contributed by atoms with Crippen LogP contribution < -0.4 is 10.1 Å². The van der Waals surface area contributed by atoms with Crippen LogP contribution in [0.15, 0.2) is 36.7 Å².